The normalized spacial score (nSPS) is 10.8. The predicted octanol–water partition coefficient (Wildman–Crippen LogP) is 2.38. The zero-order chi connectivity index (χ0) is 16.9. The quantitative estimate of drug-likeness (QED) is 0.539. The molecule has 1 aromatic carbocycles. The second-order valence-electron chi connectivity index (χ2n) is 4.82. The number of aromatic nitrogens is 2. The molecule has 0 bridgehead atoms. The van der Waals surface area contributed by atoms with E-state index >= 15 is 0 Å². The number of hydrogen-bond donors (Lipinski definition) is 0. The molecule has 7 heteroatoms. The molecule has 0 aliphatic rings. The van der Waals surface area contributed by atoms with E-state index in [4.69, 9.17) is 10.00 Å². The molecule has 0 atom stereocenters. The van der Waals surface area contributed by atoms with Gasteiger partial charge in [0.15, 0.2) is 4.96 Å². The van der Waals surface area contributed by atoms with Crippen molar-refractivity contribution >= 4 is 28.3 Å². The van der Waals surface area contributed by atoms with Gasteiger partial charge >= 0.3 is 5.97 Å². The van der Waals surface area contributed by atoms with Crippen molar-refractivity contribution in [3.63, 3.8) is 0 Å². The summed E-state index contributed by atoms with van der Waals surface area (Å²) in [4.78, 5) is 28.4. The number of nitrogens with zero attached hydrogens (tertiary/aromatic N) is 3. The maximum Gasteiger partial charge on any atom is 0.331 e. The Bertz CT molecular complexity index is 1010. The summed E-state index contributed by atoms with van der Waals surface area (Å²) in [7, 11) is 0. The topological polar surface area (TPSA) is 84.5 Å². The first kappa shape index (κ1) is 15.6. The number of esters is 1. The first-order chi connectivity index (χ1) is 11.7. The highest BCUT2D eigenvalue weighted by atomic mass is 32.1. The van der Waals surface area contributed by atoms with Crippen molar-refractivity contribution in [3.8, 4) is 6.07 Å². The van der Waals surface area contributed by atoms with E-state index in [-0.39, 0.29) is 12.2 Å². The van der Waals surface area contributed by atoms with Gasteiger partial charge in [0.1, 0.15) is 6.61 Å². The van der Waals surface area contributed by atoms with E-state index in [2.05, 4.69) is 4.98 Å². The van der Waals surface area contributed by atoms with E-state index in [9.17, 15) is 9.59 Å². The van der Waals surface area contributed by atoms with E-state index in [1.165, 1.54) is 27.9 Å². The fourth-order valence-corrected chi connectivity index (χ4v) is 2.73. The monoisotopic (exact) mass is 337 g/mol. The number of nitriles is 1. The number of benzene rings is 1. The van der Waals surface area contributed by atoms with E-state index < -0.39 is 5.97 Å². The van der Waals surface area contributed by atoms with Crippen LogP contribution in [0.25, 0.3) is 11.0 Å². The van der Waals surface area contributed by atoms with Gasteiger partial charge in [-0.3, -0.25) is 9.20 Å². The Balaban J connectivity index is 1.62. The Labute approximate surface area is 140 Å². The number of ether oxygens (including phenoxy) is 1. The highest BCUT2D eigenvalue weighted by Gasteiger charge is 2.05. The van der Waals surface area contributed by atoms with E-state index in [0.717, 1.165) is 5.56 Å². The standard InChI is InChI=1S/C17H11N3O3S/c18-10-13-3-1-12(2-4-13)5-6-16(22)23-11-14-9-15(21)20-7-8-24-17(20)19-14/h1-9H,11H2/b6-5+. The van der Waals surface area contributed by atoms with Crippen LogP contribution in [0.2, 0.25) is 0 Å². The summed E-state index contributed by atoms with van der Waals surface area (Å²) >= 11 is 1.33. The van der Waals surface area contributed by atoms with Crippen LogP contribution in [0, 0.1) is 11.3 Å². The van der Waals surface area contributed by atoms with Crippen LogP contribution in [-0.4, -0.2) is 15.4 Å². The number of hydrogen-bond acceptors (Lipinski definition) is 6. The van der Waals surface area contributed by atoms with Gasteiger partial charge in [-0.1, -0.05) is 12.1 Å². The highest BCUT2D eigenvalue weighted by Crippen LogP contribution is 2.08. The molecule has 6 nitrogen and oxygen atoms in total. The minimum absolute atomic E-state index is 0.0693. The van der Waals surface area contributed by atoms with Crippen molar-refractivity contribution in [2.24, 2.45) is 0 Å². The maximum atomic E-state index is 11.8. The smallest absolute Gasteiger partial charge is 0.331 e. The van der Waals surface area contributed by atoms with Crippen molar-refractivity contribution in [1.82, 2.24) is 9.38 Å². The van der Waals surface area contributed by atoms with Crippen molar-refractivity contribution in [1.29, 1.82) is 5.26 Å². The molecule has 2 heterocycles. The fraction of sp³-hybridized carbons (Fsp3) is 0.0588. The molecule has 0 saturated heterocycles. The van der Waals surface area contributed by atoms with Crippen molar-refractivity contribution < 1.29 is 9.53 Å². The second-order valence-corrected chi connectivity index (χ2v) is 5.69. The largest absolute Gasteiger partial charge is 0.456 e. The molecule has 118 valence electrons. The lowest BCUT2D eigenvalue weighted by atomic mass is 10.1. The molecule has 3 rings (SSSR count). The van der Waals surface area contributed by atoms with Gasteiger partial charge in [0.2, 0.25) is 0 Å². The van der Waals surface area contributed by atoms with Gasteiger partial charge in [-0.05, 0) is 23.8 Å². The zero-order valence-corrected chi connectivity index (χ0v) is 13.2. The van der Waals surface area contributed by atoms with E-state index in [0.29, 0.717) is 16.2 Å². The molecule has 3 aromatic rings. The molecule has 0 spiro atoms. The fourth-order valence-electron chi connectivity index (χ4n) is 1.99. The number of fused-ring (bicyclic) bond motifs is 1. The number of carbonyl (C=O) groups excluding carboxylic acids is 1. The third-order valence-corrected chi connectivity index (χ3v) is 3.93. The third-order valence-electron chi connectivity index (χ3n) is 3.17. The van der Waals surface area contributed by atoms with Gasteiger partial charge in [-0.15, -0.1) is 11.3 Å². The summed E-state index contributed by atoms with van der Waals surface area (Å²) in [5, 5.41) is 10.5. The summed E-state index contributed by atoms with van der Waals surface area (Å²) in [6, 6.07) is 10.2. The number of rotatable bonds is 4. The van der Waals surface area contributed by atoms with Crippen LogP contribution in [0.3, 0.4) is 0 Å². The van der Waals surface area contributed by atoms with E-state index in [1.54, 1.807) is 41.9 Å². The van der Waals surface area contributed by atoms with Gasteiger partial charge in [0.25, 0.3) is 5.56 Å². The van der Waals surface area contributed by atoms with Gasteiger partial charge in [-0.2, -0.15) is 5.26 Å². The summed E-state index contributed by atoms with van der Waals surface area (Å²) in [5.74, 6) is -0.535. The Morgan fingerprint density at radius 2 is 2.17 bits per heavy atom. The molecule has 0 aliphatic heterocycles. The summed E-state index contributed by atoms with van der Waals surface area (Å²) in [6.45, 7) is -0.0693. The lowest BCUT2D eigenvalue weighted by Crippen LogP contribution is -2.14. The van der Waals surface area contributed by atoms with Gasteiger partial charge in [0, 0.05) is 23.7 Å². The van der Waals surface area contributed by atoms with Gasteiger partial charge < -0.3 is 4.74 Å². The minimum Gasteiger partial charge on any atom is -0.456 e. The molecule has 0 saturated carbocycles. The number of thiazole rings is 1. The Kier molecular flexibility index (Phi) is 4.50. The van der Waals surface area contributed by atoms with Gasteiger partial charge in [0.05, 0.1) is 17.3 Å². The minimum atomic E-state index is -0.535. The van der Waals surface area contributed by atoms with E-state index in [1.807, 2.05) is 6.07 Å². The molecule has 0 unspecified atom stereocenters. The van der Waals surface area contributed by atoms with Gasteiger partial charge in [-0.25, -0.2) is 9.78 Å². The van der Waals surface area contributed by atoms with Crippen LogP contribution in [0.4, 0.5) is 0 Å². The highest BCUT2D eigenvalue weighted by molar-refractivity contribution is 7.15. The Hall–Kier alpha value is -3.24. The molecule has 0 aliphatic carbocycles. The maximum absolute atomic E-state index is 11.8. The first-order valence-electron chi connectivity index (χ1n) is 6.96. The average molecular weight is 337 g/mol. The lowest BCUT2D eigenvalue weighted by molar-refractivity contribution is -0.139. The third kappa shape index (κ3) is 3.56. The molecule has 0 amide bonds. The predicted molar refractivity (Wildman–Crippen MR) is 89.3 cm³/mol. The van der Waals surface area contributed by atoms with Crippen LogP contribution >= 0.6 is 11.3 Å². The number of carbonyl (C=O) groups is 1. The molecule has 24 heavy (non-hydrogen) atoms. The zero-order valence-electron chi connectivity index (χ0n) is 12.4. The van der Waals surface area contributed by atoms with Crippen molar-refractivity contribution in [2.75, 3.05) is 0 Å². The van der Waals surface area contributed by atoms with Crippen LogP contribution in [0.15, 0.2) is 52.8 Å². The Morgan fingerprint density at radius 1 is 1.38 bits per heavy atom. The first-order valence-corrected chi connectivity index (χ1v) is 7.84. The molecular weight excluding hydrogens is 326 g/mol. The van der Waals surface area contributed by atoms with Crippen LogP contribution in [0.1, 0.15) is 16.8 Å². The molecule has 2 aromatic heterocycles. The molecule has 0 radical (unpaired) electrons. The van der Waals surface area contributed by atoms with Crippen molar-refractivity contribution in [2.45, 2.75) is 6.61 Å². The van der Waals surface area contributed by atoms with Crippen molar-refractivity contribution in [3.05, 3.63) is 75.2 Å². The summed E-state index contributed by atoms with van der Waals surface area (Å²) in [5.41, 5.74) is 1.53. The van der Waals surface area contributed by atoms with Crippen LogP contribution in [0.5, 0.6) is 0 Å². The van der Waals surface area contributed by atoms with Crippen LogP contribution < -0.4 is 5.56 Å². The molecule has 0 N–H and O–H groups in total. The second kappa shape index (κ2) is 6.89. The Morgan fingerprint density at radius 3 is 2.92 bits per heavy atom. The summed E-state index contributed by atoms with van der Waals surface area (Å²) < 4.78 is 6.52. The molecular formula is C17H11N3O3S. The SMILES string of the molecule is N#Cc1ccc(/C=C/C(=O)OCc2cc(=O)n3ccsc3n2)cc1. The van der Waals surface area contributed by atoms with Crippen LogP contribution in [-0.2, 0) is 16.1 Å². The molecule has 0 fully saturated rings. The average Bonchev–Trinajstić information content (AvgIpc) is 3.08. The lowest BCUT2D eigenvalue weighted by Gasteiger charge is -2.02. The summed E-state index contributed by atoms with van der Waals surface area (Å²) in [6.07, 6.45) is 4.53.